The van der Waals surface area contributed by atoms with E-state index in [-0.39, 0.29) is 27.6 Å². The van der Waals surface area contributed by atoms with Crippen molar-refractivity contribution >= 4 is 33.7 Å². The van der Waals surface area contributed by atoms with E-state index >= 15 is 0 Å². The first kappa shape index (κ1) is 16.1. The molecule has 1 saturated carbocycles. The van der Waals surface area contributed by atoms with Crippen LogP contribution in [0.1, 0.15) is 55.5 Å². The van der Waals surface area contributed by atoms with Gasteiger partial charge in [-0.3, -0.25) is 14.2 Å². The first-order chi connectivity index (χ1) is 10.6. The number of halogens is 1. The molecule has 0 radical (unpaired) electrons. The van der Waals surface area contributed by atoms with Crippen molar-refractivity contribution in [3.05, 3.63) is 28.0 Å². The number of aromatic nitrogens is 1. The van der Waals surface area contributed by atoms with E-state index in [0.29, 0.717) is 6.61 Å². The number of rotatable bonds is 3. The van der Waals surface area contributed by atoms with Crippen molar-refractivity contribution in [2.45, 2.75) is 60.2 Å². The maximum absolute atomic E-state index is 12.4. The van der Waals surface area contributed by atoms with Gasteiger partial charge in [-0.1, -0.05) is 47.0 Å². The fourth-order valence-corrected chi connectivity index (χ4v) is 5.72. The summed E-state index contributed by atoms with van der Waals surface area (Å²) in [5.41, 5.74) is 1.08. The van der Waals surface area contributed by atoms with Crippen LogP contribution in [0.5, 0.6) is 0 Å². The molecule has 0 saturated heterocycles. The lowest BCUT2D eigenvalue weighted by Crippen LogP contribution is -2.27. The Kier molecular flexibility index (Phi) is 4.97. The number of fused-ring (bicyclic) bond motifs is 1. The number of hydrogen-bond donors (Lipinski definition) is 0. The van der Waals surface area contributed by atoms with Gasteiger partial charge in [0.15, 0.2) is 0 Å². The quantitative estimate of drug-likeness (QED) is 0.585. The molecule has 0 amide bonds. The maximum Gasteiger partial charge on any atom is 0.320 e. The fourth-order valence-electron chi connectivity index (χ4n) is 3.31. The second kappa shape index (κ2) is 6.79. The van der Waals surface area contributed by atoms with Crippen molar-refractivity contribution in [3.8, 4) is 0 Å². The van der Waals surface area contributed by atoms with Crippen LogP contribution in [0.2, 0.25) is 0 Å². The molecule has 0 aromatic carbocycles. The Morgan fingerprint density at radius 2 is 2.09 bits per heavy atom. The Hall–Kier alpha value is -0.750. The van der Waals surface area contributed by atoms with Gasteiger partial charge in [-0.05, 0) is 31.4 Å². The van der Waals surface area contributed by atoms with E-state index in [1.165, 1.54) is 31.0 Å². The monoisotopic (exact) mass is 385 g/mol. The molecule has 1 aromatic heterocycles. The van der Waals surface area contributed by atoms with E-state index in [9.17, 15) is 9.59 Å². The molecule has 6 heteroatoms. The first-order valence-electron chi connectivity index (χ1n) is 7.86. The van der Waals surface area contributed by atoms with Crippen LogP contribution >= 0.6 is 27.7 Å². The third kappa shape index (κ3) is 2.87. The van der Waals surface area contributed by atoms with Crippen molar-refractivity contribution < 1.29 is 9.53 Å². The van der Waals surface area contributed by atoms with Crippen LogP contribution in [0, 0.1) is 0 Å². The second-order valence-corrected chi connectivity index (χ2v) is 7.90. The molecule has 2 atom stereocenters. The summed E-state index contributed by atoms with van der Waals surface area (Å²) in [4.78, 5) is 24.4. The number of carbonyl (C=O) groups is 1. The molecule has 0 bridgehead atoms. The van der Waals surface area contributed by atoms with E-state index in [4.69, 9.17) is 4.74 Å². The van der Waals surface area contributed by atoms with Crippen LogP contribution in [0.25, 0.3) is 0 Å². The minimum atomic E-state index is -0.313. The molecule has 1 aliphatic heterocycles. The summed E-state index contributed by atoms with van der Waals surface area (Å²) in [6.45, 7) is 2.19. The van der Waals surface area contributed by atoms with Crippen LogP contribution in [0.3, 0.4) is 0 Å². The smallest absolute Gasteiger partial charge is 0.320 e. The van der Waals surface area contributed by atoms with Gasteiger partial charge in [0.25, 0.3) is 5.56 Å². The number of carbonyl (C=O) groups excluding carboxylic acids is 1. The van der Waals surface area contributed by atoms with E-state index in [1.807, 2.05) is 17.6 Å². The average molecular weight is 386 g/mol. The molecule has 4 nitrogen and oxygen atoms in total. The van der Waals surface area contributed by atoms with Gasteiger partial charge in [0, 0.05) is 12.1 Å². The molecule has 2 heterocycles. The van der Waals surface area contributed by atoms with E-state index in [1.54, 1.807) is 6.07 Å². The SMILES string of the molecule is CCOC(=O)C1Sc2c(ccc(=O)n2C2CCCCC2)C1Br. The van der Waals surface area contributed by atoms with E-state index in [2.05, 4.69) is 15.9 Å². The zero-order valence-corrected chi connectivity index (χ0v) is 15.0. The lowest BCUT2D eigenvalue weighted by atomic mass is 9.95. The minimum absolute atomic E-state index is 0.0439. The lowest BCUT2D eigenvalue weighted by molar-refractivity contribution is -0.142. The number of alkyl halides is 1. The van der Waals surface area contributed by atoms with Crippen molar-refractivity contribution in [2.24, 2.45) is 0 Å². The topological polar surface area (TPSA) is 48.3 Å². The number of hydrogen-bond acceptors (Lipinski definition) is 4. The summed E-state index contributed by atoms with van der Waals surface area (Å²) < 4.78 is 7.09. The normalized spacial score (nSPS) is 25.0. The van der Waals surface area contributed by atoms with Gasteiger partial charge < -0.3 is 4.74 Å². The van der Waals surface area contributed by atoms with Gasteiger partial charge in [0.1, 0.15) is 5.25 Å². The van der Waals surface area contributed by atoms with Crippen molar-refractivity contribution in [3.63, 3.8) is 0 Å². The summed E-state index contributed by atoms with van der Waals surface area (Å²) in [6, 6.07) is 3.75. The molecular weight excluding hydrogens is 366 g/mol. The number of thioether (sulfide) groups is 1. The highest BCUT2D eigenvalue weighted by Gasteiger charge is 2.40. The third-order valence-electron chi connectivity index (χ3n) is 4.37. The molecule has 1 aromatic rings. The van der Waals surface area contributed by atoms with Gasteiger partial charge in [-0.15, -0.1) is 0 Å². The van der Waals surface area contributed by atoms with Gasteiger partial charge in [-0.25, -0.2) is 0 Å². The Morgan fingerprint density at radius 3 is 2.77 bits per heavy atom. The number of nitrogens with zero attached hydrogens (tertiary/aromatic N) is 1. The molecular formula is C16H20BrNO3S. The second-order valence-electron chi connectivity index (χ2n) is 5.79. The molecule has 1 fully saturated rings. The zero-order valence-electron chi connectivity index (χ0n) is 12.6. The van der Waals surface area contributed by atoms with Gasteiger partial charge in [0.05, 0.1) is 16.5 Å². The molecule has 3 rings (SSSR count). The highest BCUT2D eigenvalue weighted by Crippen LogP contribution is 2.49. The molecule has 120 valence electrons. The summed E-state index contributed by atoms with van der Waals surface area (Å²) in [7, 11) is 0. The maximum atomic E-state index is 12.4. The summed E-state index contributed by atoms with van der Waals surface area (Å²) in [5.74, 6) is -0.215. The molecule has 0 spiro atoms. The molecule has 2 aliphatic rings. The molecule has 22 heavy (non-hydrogen) atoms. The van der Waals surface area contributed by atoms with Crippen molar-refractivity contribution in [1.82, 2.24) is 4.57 Å². The standard InChI is InChI=1S/C16H20BrNO3S/c1-2-21-16(20)14-13(17)11-8-9-12(19)18(15(11)22-14)10-6-4-3-5-7-10/h8-10,13-14H,2-7H2,1H3. The van der Waals surface area contributed by atoms with Gasteiger partial charge in [0.2, 0.25) is 0 Å². The summed E-state index contributed by atoms with van der Waals surface area (Å²) >= 11 is 5.09. The highest BCUT2D eigenvalue weighted by molar-refractivity contribution is 9.09. The Balaban J connectivity index is 1.96. The number of ether oxygens (including phenoxy) is 1. The van der Waals surface area contributed by atoms with Gasteiger partial charge >= 0.3 is 5.97 Å². The Bertz CT molecular complexity index is 624. The lowest BCUT2D eigenvalue weighted by Gasteiger charge is -2.26. The summed E-state index contributed by atoms with van der Waals surface area (Å²) in [5, 5.41) is 0.630. The largest absolute Gasteiger partial charge is 0.465 e. The Labute approximate surface area is 142 Å². The minimum Gasteiger partial charge on any atom is -0.465 e. The number of esters is 1. The Morgan fingerprint density at radius 1 is 1.36 bits per heavy atom. The highest BCUT2D eigenvalue weighted by atomic mass is 79.9. The predicted octanol–water partition coefficient (Wildman–Crippen LogP) is 3.83. The van der Waals surface area contributed by atoms with E-state index < -0.39 is 0 Å². The van der Waals surface area contributed by atoms with Gasteiger partial charge in [-0.2, -0.15) is 0 Å². The van der Waals surface area contributed by atoms with Crippen LogP contribution in [0.15, 0.2) is 22.0 Å². The van der Waals surface area contributed by atoms with Crippen LogP contribution < -0.4 is 5.56 Å². The fraction of sp³-hybridized carbons (Fsp3) is 0.625. The predicted molar refractivity (Wildman–Crippen MR) is 90.8 cm³/mol. The van der Waals surface area contributed by atoms with E-state index in [0.717, 1.165) is 23.4 Å². The van der Waals surface area contributed by atoms with Crippen LogP contribution in [-0.4, -0.2) is 22.4 Å². The summed E-state index contributed by atoms with van der Waals surface area (Å²) in [6.07, 6.45) is 5.69. The molecule has 1 aliphatic carbocycles. The molecule has 2 unspecified atom stereocenters. The van der Waals surface area contributed by atoms with Crippen LogP contribution in [0.4, 0.5) is 0 Å². The molecule has 0 N–H and O–H groups in total. The third-order valence-corrected chi connectivity index (χ3v) is 7.11. The zero-order chi connectivity index (χ0) is 15.7. The average Bonchev–Trinajstić information content (AvgIpc) is 2.85. The number of pyridine rings is 1. The first-order valence-corrected chi connectivity index (χ1v) is 9.65. The van der Waals surface area contributed by atoms with Crippen molar-refractivity contribution in [1.29, 1.82) is 0 Å². The van der Waals surface area contributed by atoms with Crippen LogP contribution in [-0.2, 0) is 9.53 Å². The van der Waals surface area contributed by atoms with Crippen molar-refractivity contribution in [2.75, 3.05) is 6.61 Å².